The van der Waals surface area contributed by atoms with E-state index in [1.807, 2.05) is 6.92 Å². The van der Waals surface area contributed by atoms with E-state index in [0.29, 0.717) is 6.54 Å². The van der Waals surface area contributed by atoms with E-state index in [1.54, 1.807) is 6.92 Å². The van der Waals surface area contributed by atoms with Crippen molar-refractivity contribution in [3.8, 4) is 0 Å². The molecule has 0 heterocycles. The molecule has 0 aliphatic rings. The molecule has 146 valence electrons. The summed E-state index contributed by atoms with van der Waals surface area (Å²) in [7, 11) is 0. The predicted octanol–water partition coefficient (Wildman–Crippen LogP) is 4.79. The van der Waals surface area contributed by atoms with Crippen molar-refractivity contribution in [1.29, 1.82) is 0 Å². The number of hydrogen-bond donors (Lipinski definition) is 3. The standard InChI is InChI=1S/C24H25NO2.ClH/c1-16(27)24(2,15-26)25-14-18-13-23-19-8-4-3-7-17(19)11-12-22(23)21-10-6-5-9-20(18)21;/h3-13,16,25-27H,14-15H2,1-2H3;1H/t16-,24-;/m1./s1. The normalized spacial score (nSPS) is 14.7. The van der Waals surface area contributed by atoms with Crippen LogP contribution in [0.3, 0.4) is 0 Å². The van der Waals surface area contributed by atoms with E-state index >= 15 is 0 Å². The van der Waals surface area contributed by atoms with Crippen LogP contribution in [0.25, 0.3) is 32.3 Å². The van der Waals surface area contributed by atoms with Gasteiger partial charge in [0, 0.05) is 6.54 Å². The number of aliphatic hydroxyl groups is 2. The van der Waals surface area contributed by atoms with Gasteiger partial charge in [0.05, 0.1) is 18.2 Å². The lowest BCUT2D eigenvalue weighted by Gasteiger charge is -2.32. The minimum absolute atomic E-state index is 0. The average Bonchev–Trinajstić information content (AvgIpc) is 2.71. The highest BCUT2D eigenvalue weighted by atomic mass is 35.5. The summed E-state index contributed by atoms with van der Waals surface area (Å²) in [6, 6.07) is 23.5. The molecule has 4 aromatic carbocycles. The first-order valence-electron chi connectivity index (χ1n) is 9.39. The van der Waals surface area contributed by atoms with Crippen molar-refractivity contribution in [3.63, 3.8) is 0 Å². The first kappa shape index (κ1) is 20.6. The molecule has 4 heteroatoms. The number of nitrogens with one attached hydrogen (secondary N) is 1. The maximum atomic E-state index is 10.1. The van der Waals surface area contributed by atoms with Crippen molar-refractivity contribution in [1.82, 2.24) is 5.32 Å². The number of rotatable bonds is 5. The third-order valence-corrected chi connectivity index (χ3v) is 5.79. The maximum absolute atomic E-state index is 10.1. The van der Waals surface area contributed by atoms with Crippen LogP contribution < -0.4 is 5.32 Å². The van der Waals surface area contributed by atoms with Gasteiger partial charge in [0.1, 0.15) is 0 Å². The summed E-state index contributed by atoms with van der Waals surface area (Å²) in [6.45, 7) is 3.99. The molecule has 0 aromatic heterocycles. The molecular weight excluding hydrogens is 370 g/mol. The Kier molecular flexibility index (Phi) is 5.92. The van der Waals surface area contributed by atoms with Crippen LogP contribution in [0.2, 0.25) is 0 Å². The number of aliphatic hydroxyl groups excluding tert-OH is 2. The average molecular weight is 396 g/mol. The summed E-state index contributed by atoms with van der Waals surface area (Å²) in [5.74, 6) is 0. The third kappa shape index (κ3) is 3.47. The zero-order valence-electron chi connectivity index (χ0n) is 16.1. The summed E-state index contributed by atoms with van der Waals surface area (Å²) in [5.41, 5.74) is 0.421. The Morgan fingerprint density at radius 2 is 1.46 bits per heavy atom. The smallest absolute Gasteiger partial charge is 0.0713 e. The fourth-order valence-electron chi connectivity index (χ4n) is 3.72. The summed E-state index contributed by atoms with van der Waals surface area (Å²) in [6.07, 6.45) is -0.657. The summed E-state index contributed by atoms with van der Waals surface area (Å²) in [5, 5.41) is 30.5. The molecule has 0 bridgehead atoms. The van der Waals surface area contributed by atoms with Crippen molar-refractivity contribution < 1.29 is 10.2 Å². The van der Waals surface area contributed by atoms with E-state index in [9.17, 15) is 10.2 Å². The highest BCUT2D eigenvalue weighted by Gasteiger charge is 2.28. The van der Waals surface area contributed by atoms with Crippen molar-refractivity contribution in [2.75, 3.05) is 6.61 Å². The van der Waals surface area contributed by atoms with Gasteiger partial charge >= 0.3 is 0 Å². The van der Waals surface area contributed by atoms with E-state index in [2.05, 4.69) is 72.0 Å². The van der Waals surface area contributed by atoms with E-state index in [0.717, 1.165) is 5.56 Å². The molecule has 3 nitrogen and oxygen atoms in total. The van der Waals surface area contributed by atoms with Crippen LogP contribution in [-0.2, 0) is 6.54 Å². The van der Waals surface area contributed by atoms with E-state index in [1.165, 1.54) is 32.3 Å². The van der Waals surface area contributed by atoms with Gasteiger partial charge in [0.25, 0.3) is 0 Å². The van der Waals surface area contributed by atoms with Gasteiger partial charge in [0.2, 0.25) is 0 Å². The molecule has 28 heavy (non-hydrogen) atoms. The van der Waals surface area contributed by atoms with Crippen LogP contribution >= 0.6 is 12.4 Å². The van der Waals surface area contributed by atoms with Crippen LogP contribution in [0.4, 0.5) is 0 Å². The molecule has 0 radical (unpaired) electrons. The molecule has 0 amide bonds. The number of fused-ring (bicyclic) bond motifs is 5. The molecule has 0 aliphatic carbocycles. The van der Waals surface area contributed by atoms with Crippen molar-refractivity contribution in [3.05, 3.63) is 72.3 Å². The first-order valence-corrected chi connectivity index (χ1v) is 9.39. The molecule has 0 unspecified atom stereocenters. The first-order chi connectivity index (χ1) is 13.0. The highest BCUT2D eigenvalue weighted by Crippen LogP contribution is 2.33. The number of halogens is 1. The predicted molar refractivity (Wildman–Crippen MR) is 120 cm³/mol. The lowest BCUT2D eigenvalue weighted by molar-refractivity contribution is 0.0404. The van der Waals surface area contributed by atoms with Gasteiger partial charge in [-0.15, -0.1) is 12.4 Å². The second kappa shape index (κ2) is 8.06. The van der Waals surface area contributed by atoms with Crippen LogP contribution in [0.15, 0.2) is 66.7 Å². The fourth-order valence-corrected chi connectivity index (χ4v) is 3.72. The number of benzene rings is 4. The molecule has 0 saturated heterocycles. The molecule has 0 fully saturated rings. The number of hydrogen-bond acceptors (Lipinski definition) is 3. The highest BCUT2D eigenvalue weighted by molar-refractivity contribution is 6.18. The third-order valence-electron chi connectivity index (χ3n) is 5.79. The molecule has 0 aliphatic heterocycles. The molecule has 4 rings (SSSR count). The zero-order chi connectivity index (χ0) is 19.0. The topological polar surface area (TPSA) is 52.5 Å². The molecule has 4 aromatic rings. The lowest BCUT2D eigenvalue weighted by Crippen LogP contribution is -2.53. The molecule has 2 atom stereocenters. The van der Waals surface area contributed by atoms with E-state index in [-0.39, 0.29) is 19.0 Å². The Morgan fingerprint density at radius 1 is 0.857 bits per heavy atom. The minimum atomic E-state index is -0.741. The Labute approximate surface area is 171 Å². The van der Waals surface area contributed by atoms with Gasteiger partial charge in [0.15, 0.2) is 0 Å². The van der Waals surface area contributed by atoms with Crippen molar-refractivity contribution >= 4 is 44.7 Å². The summed E-state index contributed by atoms with van der Waals surface area (Å²) in [4.78, 5) is 0. The Balaban J connectivity index is 0.00000225. The van der Waals surface area contributed by atoms with Crippen LogP contribution in [-0.4, -0.2) is 28.5 Å². The summed E-state index contributed by atoms with van der Waals surface area (Å²) < 4.78 is 0. The van der Waals surface area contributed by atoms with Crippen LogP contribution in [0.1, 0.15) is 19.4 Å². The molecule has 0 spiro atoms. The Morgan fingerprint density at radius 3 is 2.14 bits per heavy atom. The van der Waals surface area contributed by atoms with Crippen molar-refractivity contribution in [2.45, 2.75) is 32.0 Å². The largest absolute Gasteiger partial charge is 0.394 e. The van der Waals surface area contributed by atoms with Gasteiger partial charge in [-0.25, -0.2) is 0 Å². The van der Waals surface area contributed by atoms with Gasteiger partial charge < -0.3 is 15.5 Å². The molecule has 3 N–H and O–H groups in total. The van der Waals surface area contributed by atoms with Crippen molar-refractivity contribution in [2.24, 2.45) is 0 Å². The Hall–Kier alpha value is -2.17. The Bertz CT molecular complexity index is 1130. The lowest BCUT2D eigenvalue weighted by atomic mass is 9.92. The van der Waals surface area contributed by atoms with Gasteiger partial charge in [-0.05, 0) is 57.8 Å². The second-order valence-corrected chi connectivity index (χ2v) is 7.57. The zero-order valence-corrected chi connectivity index (χ0v) is 17.0. The van der Waals surface area contributed by atoms with E-state index < -0.39 is 11.6 Å². The molecule has 0 saturated carbocycles. The molecular formula is C24H26ClNO2. The van der Waals surface area contributed by atoms with Crippen LogP contribution in [0, 0.1) is 0 Å². The maximum Gasteiger partial charge on any atom is 0.0713 e. The van der Waals surface area contributed by atoms with Gasteiger partial charge in [-0.1, -0.05) is 60.7 Å². The second-order valence-electron chi connectivity index (χ2n) is 7.57. The minimum Gasteiger partial charge on any atom is -0.394 e. The van der Waals surface area contributed by atoms with E-state index in [4.69, 9.17) is 0 Å². The van der Waals surface area contributed by atoms with Gasteiger partial charge in [-0.3, -0.25) is 0 Å². The summed E-state index contributed by atoms with van der Waals surface area (Å²) >= 11 is 0. The van der Waals surface area contributed by atoms with Crippen LogP contribution in [0.5, 0.6) is 0 Å². The fraction of sp³-hybridized carbons (Fsp3) is 0.250. The quantitative estimate of drug-likeness (QED) is 0.426. The van der Waals surface area contributed by atoms with Gasteiger partial charge in [-0.2, -0.15) is 0 Å². The monoisotopic (exact) mass is 395 g/mol. The SMILES string of the molecule is C[C@@H](O)[C@@](C)(CO)NCc1cc2c3ccccc3ccc2c2ccccc12.Cl.